The van der Waals surface area contributed by atoms with E-state index in [1.54, 1.807) is 0 Å². The van der Waals surface area contributed by atoms with Crippen LogP contribution in [0.2, 0.25) is 0 Å². The number of hydrogen-bond acceptors (Lipinski definition) is 4. The number of hydrogen-bond donors (Lipinski definition) is 1. The minimum atomic E-state index is 0.804. The van der Waals surface area contributed by atoms with Crippen molar-refractivity contribution in [1.29, 1.82) is 0 Å². The summed E-state index contributed by atoms with van der Waals surface area (Å²) < 4.78 is 4.02. The van der Waals surface area contributed by atoms with Crippen molar-refractivity contribution < 1.29 is 0 Å². The molecule has 0 bridgehead atoms. The summed E-state index contributed by atoms with van der Waals surface area (Å²) in [6, 6.07) is 8.67. The van der Waals surface area contributed by atoms with E-state index < -0.39 is 0 Å². The predicted octanol–water partition coefficient (Wildman–Crippen LogP) is 2.33. The zero-order valence-electron chi connectivity index (χ0n) is 15.4. The molecule has 1 N–H and O–H groups in total. The van der Waals surface area contributed by atoms with Gasteiger partial charge in [-0.15, -0.1) is 0 Å². The highest BCUT2D eigenvalue weighted by Gasteiger charge is 2.14. The summed E-state index contributed by atoms with van der Waals surface area (Å²) in [5.41, 5.74) is 4.89. The molecule has 0 spiro atoms. The van der Waals surface area contributed by atoms with Crippen molar-refractivity contribution in [1.82, 2.24) is 24.6 Å². The molecule has 6 nitrogen and oxygen atoms in total. The van der Waals surface area contributed by atoms with Gasteiger partial charge in [-0.05, 0) is 18.1 Å². The molecule has 0 saturated heterocycles. The van der Waals surface area contributed by atoms with Gasteiger partial charge < -0.3 is 14.8 Å². The summed E-state index contributed by atoms with van der Waals surface area (Å²) in [5, 5.41) is 8.09. The van der Waals surface area contributed by atoms with E-state index in [4.69, 9.17) is 0 Å². The summed E-state index contributed by atoms with van der Waals surface area (Å²) in [4.78, 5) is 6.21. The van der Waals surface area contributed by atoms with E-state index in [2.05, 4.69) is 70.2 Å². The molecule has 2 heterocycles. The first-order chi connectivity index (χ1) is 12.0. The van der Waals surface area contributed by atoms with Crippen molar-refractivity contribution in [3.05, 3.63) is 65.4 Å². The van der Waals surface area contributed by atoms with Gasteiger partial charge in [0.2, 0.25) is 0 Å². The third-order valence-corrected chi connectivity index (χ3v) is 4.28. The maximum absolute atomic E-state index is 4.54. The van der Waals surface area contributed by atoms with Gasteiger partial charge in [-0.3, -0.25) is 4.68 Å². The average molecular weight is 338 g/mol. The third kappa shape index (κ3) is 4.09. The lowest BCUT2D eigenvalue weighted by molar-refractivity contribution is 0.687. The first-order valence-corrected chi connectivity index (χ1v) is 8.48. The molecule has 3 rings (SSSR count). The van der Waals surface area contributed by atoms with Crippen LogP contribution in [0.1, 0.15) is 22.4 Å². The van der Waals surface area contributed by atoms with E-state index in [0.717, 1.165) is 31.1 Å². The average Bonchev–Trinajstić information content (AvgIpc) is 3.16. The second kappa shape index (κ2) is 7.53. The Labute approximate surface area is 149 Å². The lowest BCUT2D eigenvalue weighted by Gasteiger charge is -2.16. The Balaban J connectivity index is 1.63. The van der Waals surface area contributed by atoms with Crippen LogP contribution in [0, 0.1) is 6.92 Å². The van der Waals surface area contributed by atoms with Gasteiger partial charge in [0.25, 0.3) is 0 Å². The highest BCUT2D eigenvalue weighted by Crippen LogP contribution is 2.21. The molecule has 0 aliphatic heterocycles. The zero-order chi connectivity index (χ0) is 17.8. The van der Waals surface area contributed by atoms with Crippen molar-refractivity contribution in [3.8, 4) is 0 Å². The quantitative estimate of drug-likeness (QED) is 0.718. The molecule has 25 heavy (non-hydrogen) atoms. The number of benzene rings is 1. The first-order valence-electron chi connectivity index (χ1n) is 8.48. The number of rotatable bonds is 7. The van der Waals surface area contributed by atoms with Crippen LogP contribution in [-0.2, 0) is 26.7 Å². The van der Waals surface area contributed by atoms with Gasteiger partial charge in [0.1, 0.15) is 5.82 Å². The summed E-state index contributed by atoms with van der Waals surface area (Å²) in [6.45, 7) is 4.55. The Hall–Kier alpha value is -2.60. The van der Waals surface area contributed by atoms with Gasteiger partial charge in [0.15, 0.2) is 0 Å². The lowest BCUT2D eigenvalue weighted by Crippen LogP contribution is -2.19. The van der Waals surface area contributed by atoms with Crippen LogP contribution < -0.4 is 10.2 Å². The zero-order valence-corrected chi connectivity index (χ0v) is 15.4. The topological polar surface area (TPSA) is 50.9 Å². The molecule has 2 aromatic heterocycles. The van der Waals surface area contributed by atoms with Gasteiger partial charge in [-0.2, -0.15) is 5.10 Å². The predicted molar refractivity (Wildman–Crippen MR) is 101 cm³/mol. The van der Waals surface area contributed by atoms with Gasteiger partial charge in [-0.1, -0.05) is 24.3 Å². The van der Waals surface area contributed by atoms with Crippen LogP contribution in [0.5, 0.6) is 0 Å². The van der Waals surface area contributed by atoms with E-state index >= 15 is 0 Å². The van der Waals surface area contributed by atoms with Crippen LogP contribution in [0.3, 0.4) is 0 Å². The molecule has 0 aliphatic rings. The summed E-state index contributed by atoms with van der Waals surface area (Å²) >= 11 is 0. The van der Waals surface area contributed by atoms with Gasteiger partial charge in [0, 0.05) is 58.7 Å². The van der Waals surface area contributed by atoms with Crippen LogP contribution in [0.4, 0.5) is 5.82 Å². The van der Waals surface area contributed by atoms with Gasteiger partial charge in [0.05, 0.1) is 12.0 Å². The van der Waals surface area contributed by atoms with Crippen LogP contribution in [0.25, 0.3) is 0 Å². The van der Waals surface area contributed by atoms with Crippen LogP contribution in [0.15, 0.2) is 43.0 Å². The highest BCUT2D eigenvalue weighted by molar-refractivity contribution is 5.48. The van der Waals surface area contributed by atoms with Crippen molar-refractivity contribution in [2.75, 3.05) is 19.0 Å². The standard InChI is InChI=1S/C19H26N6/c1-15-18(19(23(2)3)24(4)22-15)12-21-11-16-6-5-7-17(10-16)13-25-9-8-20-14-25/h5-10,14,21H,11-13H2,1-4H3. The van der Waals surface area contributed by atoms with E-state index in [-0.39, 0.29) is 0 Å². The van der Waals surface area contributed by atoms with Crippen molar-refractivity contribution in [2.24, 2.45) is 7.05 Å². The Morgan fingerprint density at radius 3 is 2.68 bits per heavy atom. The molecule has 0 aliphatic carbocycles. The minimum absolute atomic E-state index is 0.804. The molecular weight excluding hydrogens is 312 g/mol. The Bertz CT molecular complexity index is 817. The van der Waals surface area contributed by atoms with E-state index in [1.165, 1.54) is 16.7 Å². The summed E-state index contributed by atoms with van der Waals surface area (Å²) in [6.07, 6.45) is 5.64. The van der Waals surface area contributed by atoms with Crippen LogP contribution in [-0.4, -0.2) is 33.4 Å². The number of nitrogens with one attached hydrogen (secondary N) is 1. The largest absolute Gasteiger partial charge is 0.363 e. The second-order valence-electron chi connectivity index (χ2n) is 6.56. The Morgan fingerprint density at radius 2 is 1.96 bits per heavy atom. The van der Waals surface area contributed by atoms with Gasteiger partial charge >= 0.3 is 0 Å². The van der Waals surface area contributed by atoms with Crippen molar-refractivity contribution in [2.45, 2.75) is 26.6 Å². The molecule has 0 unspecified atom stereocenters. The van der Waals surface area contributed by atoms with Gasteiger partial charge in [-0.25, -0.2) is 4.98 Å². The molecule has 0 atom stereocenters. The fourth-order valence-corrected chi connectivity index (χ4v) is 3.22. The molecule has 0 saturated carbocycles. The molecule has 0 fully saturated rings. The molecule has 132 valence electrons. The monoisotopic (exact) mass is 338 g/mol. The Kier molecular flexibility index (Phi) is 5.19. The van der Waals surface area contributed by atoms with E-state index in [0.29, 0.717) is 0 Å². The van der Waals surface area contributed by atoms with Crippen LogP contribution >= 0.6 is 0 Å². The summed E-state index contributed by atoms with van der Waals surface area (Å²) in [5.74, 6) is 1.15. The molecule has 3 aromatic rings. The fraction of sp³-hybridized carbons (Fsp3) is 0.368. The van der Waals surface area contributed by atoms with E-state index in [9.17, 15) is 0 Å². The first kappa shape index (κ1) is 17.2. The number of nitrogens with zero attached hydrogens (tertiary/aromatic N) is 5. The smallest absolute Gasteiger partial charge is 0.130 e. The molecular formula is C19H26N6. The van der Waals surface area contributed by atoms with Crippen molar-refractivity contribution in [3.63, 3.8) is 0 Å². The Morgan fingerprint density at radius 1 is 1.16 bits per heavy atom. The maximum atomic E-state index is 4.54. The molecule has 6 heteroatoms. The highest BCUT2D eigenvalue weighted by atomic mass is 15.4. The summed E-state index contributed by atoms with van der Waals surface area (Å²) in [7, 11) is 6.10. The molecule has 0 amide bonds. The SMILES string of the molecule is Cc1nn(C)c(N(C)C)c1CNCc1cccc(Cn2ccnc2)c1. The number of aromatic nitrogens is 4. The number of aryl methyl sites for hydroxylation is 2. The van der Waals surface area contributed by atoms with Crippen molar-refractivity contribution >= 4 is 5.82 Å². The number of imidazole rings is 1. The third-order valence-electron chi connectivity index (χ3n) is 4.28. The second-order valence-corrected chi connectivity index (χ2v) is 6.56. The maximum Gasteiger partial charge on any atom is 0.130 e. The number of anilines is 1. The molecule has 1 aromatic carbocycles. The lowest BCUT2D eigenvalue weighted by atomic mass is 10.1. The fourth-order valence-electron chi connectivity index (χ4n) is 3.22. The minimum Gasteiger partial charge on any atom is -0.363 e. The normalized spacial score (nSPS) is 11.0. The van der Waals surface area contributed by atoms with E-state index in [1.807, 2.05) is 30.5 Å². The molecule has 0 radical (unpaired) electrons.